The molecular weight excluding hydrogens is 314 g/mol. The van der Waals surface area contributed by atoms with Gasteiger partial charge in [-0.2, -0.15) is 0 Å². The normalized spacial score (nSPS) is 17.0. The fourth-order valence-corrected chi connectivity index (χ4v) is 2.99. The van der Waals surface area contributed by atoms with Gasteiger partial charge < -0.3 is 10.1 Å². The van der Waals surface area contributed by atoms with Crippen LogP contribution in [-0.2, 0) is 9.53 Å². The number of aromatic nitrogens is 1. The average molecular weight is 339 g/mol. The maximum Gasteiger partial charge on any atom is 0.244 e. The number of nitrogens with one attached hydrogen (secondary N) is 1. The molecule has 1 aliphatic rings. The summed E-state index contributed by atoms with van der Waals surface area (Å²) in [5.74, 6) is -0.0598. The molecule has 5 heteroatoms. The number of ether oxygens (including phenoxy) is 1. The molecule has 25 heavy (non-hydrogen) atoms. The number of benzene rings is 1. The molecule has 0 aliphatic carbocycles. The van der Waals surface area contributed by atoms with Gasteiger partial charge in [-0.3, -0.25) is 14.7 Å². The first-order valence-electron chi connectivity index (χ1n) is 8.85. The van der Waals surface area contributed by atoms with E-state index >= 15 is 0 Å². The first kappa shape index (κ1) is 17.6. The molecule has 1 atom stereocenters. The van der Waals surface area contributed by atoms with Crippen LogP contribution in [0.5, 0.6) is 0 Å². The molecule has 2 heterocycles. The Bertz CT molecular complexity index is 733. The van der Waals surface area contributed by atoms with Crippen molar-refractivity contribution in [3.8, 4) is 0 Å². The van der Waals surface area contributed by atoms with Crippen LogP contribution in [0.2, 0.25) is 0 Å². The number of carbonyl (C=O) groups is 1. The molecule has 1 aliphatic heterocycles. The van der Waals surface area contributed by atoms with Crippen LogP contribution in [0.3, 0.4) is 0 Å². The van der Waals surface area contributed by atoms with Gasteiger partial charge in [-0.25, -0.2) is 0 Å². The lowest BCUT2D eigenvalue weighted by Crippen LogP contribution is -2.40. The Kier molecular flexibility index (Phi) is 6.14. The van der Waals surface area contributed by atoms with Crippen LogP contribution < -0.4 is 5.32 Å². The van der Waals surface area contributed by atoms with Gasteiger partial charge in [0, 0.05) is 43.3 Å². The highest BCUT2D eigenvalue weighted by Crippen LogP contribution is 2.17. The lowest BCUT2D eigenvalue weighted by atomic mass is 10.1. The summed E-state index contributed by atoms with van der Waals surface area (Å²) in [4.78, 5) is 18.9. The second-order valence-electron chi connectivity index (χ2n) is 6.40. The van der Waals surface area contributed by atoms with E-state index in [1.54, 1.807) is 12.3 Å². The molecule has 132 valence electrons. The molecule has 0 radical (unpaired) electrons. The van der Waals surface area contributed by atoms with Crippen LogP contribution in [0.1, 0.15) is 18.9 Å². The summed E-state index contributed by atoms with van der Waals surface area (Å²) >= 11 is 0. The predicted octanol–water partition coefficient (Wildman–Crippen LogP) is 2.47. The number of hydrogen-bond acceptors (Lipinski definition) is 4. The summed E-state index contributed by atoms with van der Waals surface area (Å²) in [6, 6.07) is 10.0. The number of amides is 1. The average Bonchev–Trinajstić information content (AvgIpc) is 2.65. The third kappa shape index (κ3) is 5.11. The molecule has 5 nitrogen and oxygen atoms in total. The molecule has 1 unspecified atom stereocenters. The molecule has 3 rings (SSSR count). The quantitative estimate of drug-likeness (QED) is 0.822. The van der Waals surface area contributed by atoms with Gasteiger partial charge in [0.05, 0.1) is 18.7 Å². The Labute approximate surface area is 148 Å². The predicted molar refractivity (Wildman–Crippen MR) is 100 cm³/mol. The largest absolute Gasteiger partial charge is 0.379 e. The monoisotopic (exact) mass is 339 g/mol. The van der Waals surface area contributed by atoms with Crippen LogP contribution in [0.15, 0.2) is 42.6 Å². The summed E-state index contributed by atoms with van der Waals surface area (Å²) in [6.45, 7) is 6.62. The molecule has 1 aromatic carbocycles. The van der Waals surface area contributed by atoms with Crippen molar-refractivity contribution >= 4 is 22.9 Å². The maximum absolute atomic E-state index is 12.2. The number of morpholine rings is 1. The molecule has 1 aromatic heterocycles. The second-order valence-corrected chi connectivity index (χ2v) is 6.40. The fourth-order valence-electron chi connectivity index (χ4n) is 2.99. The van der Waals surface area contributed by atoms with Gasteiger partial charge in [0.15, 0.2) is 0 Å². The number of rotatable bonds is 6. The highest BCUT2D eigenvalue weighted by molar-refractivity contribution is 5.95. The smallest absolute Gasteiger partial charge is 0.244 e. The van der Waals surface area contributed by atoms with Crippen molar-refractivity contribution in [3.63, 3.8) is 0 Å². The van der Waals surface area contributed by atoms with Gasteiger partial charge in [-0.15, -0.1) is 0 Å². The summed E-state index contributed by atoms with van der Waals surface area (Å²) in [5.41, 5.74) is 1.94. The minimum atomic E-state index is -0.0598. The molecule has 1 N–H and O–H groups in total. The third-order valence-electron chi connectivity index (χ3n) is 4.47. The molecule has 2 aromatic rings. The fraction of sp³-hybridized carbons (Fsp3) is 0.400. The van der Waals surface area contributed by atoms with Crippen molar-refractivity contribution in [2.24, 2.45) is 0 Å². The molecular formula is C20H25N3O2. The Hall–Kier alpha value is -2.24. The van der Waals surface area contributed by atoms with Gasteiger partial charge >= 0.3 is 0 Å². The summed E-state index contributed by atoms with van der Waals surface area (Å²) < 4.78 is 5.35. The van der Waals surface area contributed by atoms with Crippen molar-refractivity contribution in [1.82, 2.24) is 15.2 Å². The van der Waals surface area contributed by atoms with Crippen LogP contribution in [0.25, 0.3) is 17.0 Å². The van der Waals surface area contributed by atoms with E-state index in [1.165, 1.54) is 0 Å². The van der Waals surface area contributed by atoms with Crippen molar-refractivity contribution < 1.29 is 9.53 Å². The number of carbonyl (C=O) groups excluding carboxylic acids is 1. The van der Waals surface area contributed by atoms with Crippen LogP contribution in [-0.4, -0.2) is 54.7 Å². The minimum absolute atomic E-state index is 0.0598. The van der Waals surface area contributed by atoms with E-state index in [0.717, 1.165) is 55.7 Å². The number of fused-ring (bicyclic) bond motifs is 1. The Morgan fingerprint density at radius 1 is 1.32 bits per heavy atom. The zero-order valence-electron chi connectivity index (χ0n) is 14.6. The van der Waals surface area contributed by atoms with Gasteiger partial charge in [0.1, 0.15) is 0 Å². The van der Waals surface area contributed by atoms with Gasteiger partial charge in [-0.1, -0.05) is 18.2 Å². The van der Waals surface area contributed by atoms with E-state index in [9.17, 15) is 4.79 Å². The number of para-hydroxylation sites is 1. The lowest BCUT2D eigenvalue weighted by Gasteiger charge is -2.27. The SMILES string of the molecule is CC(CCN1CCOCC1)NC(=O)/C=C/c1ccnc2ccccc12. The van der Waals surface area contributed by atoms with Crippen molar-refractivity contribution in [3.05, 3.63) is 48.2 Å². The molecule has 0 bridgehead atoms. The first-order valence-corrected chi connectivity index (χ1v) is 8.85. The summed E-state index contributed by atoms with van der Waals surface area (Å²) in [5, 5.41) is 4.09. The molecule has 1 amide bonds. The number of nitrogens with zero attached hydrogens (tertiary/aromatic N) is 2. The zero-order chi connectivity index (χ0) is 17.5. The maximum atomic E-state index is 12.2. The van der Waals surface area contributed by atoms with E-state index < -0.39 is 0 Å². The van der Waals surface area contributed by atoms with Gasteiger partial charge in [0.25, 0.3) is 0 Å². The standard InChI is InChI=1S/C20H25N3O2/c1-16(9-11-23-12-14-25-15-13-23)22-20(24)7-6-17-8-10-21-19-5-3-2-4-18(17)19/h2-8,10,16H,9,11-15H2,1H3,(H,22,24)/b7-6+. The van der Waals surface area contributed by atoms with E-state index in [0.29, 0.717) is 0 Å². The van der Waals surface area contributed by atoms with E-state index in [4.69, 9.17) is 4.74 Å². The first-order chi connectivity index (χ1) is 12.2. The minimum Gasteiger partial charge on any atom is -0.379 e. The van der Waals surface area contributed by atoms with Crippen LogP contribution >= 0.6 is 0 Å². The van der Waals surface area contributed by atoms with Crippen LogP contribution in [0.4, 0.5) is 0 Å². The number of hydrogen-bond donors (Lipinski definition) is 1. The summed E-state index contributed by atoms with van der Waals surface area (Å²) in [6.07, 6.45) is 6.17. The second kappa shape index (κ2) is 8.74. The van der Waals surface area contributed by atoms with E-state index in [2.05, 4.69) is 15.2 Å². The molecule has 1 saturated heterocycles. The topological polar surface area (TPSA) is 54.5 Å². The Morgan fingerprint density at radius 2 is 2.12 bits per heavy atom. The van der Waals surface area contributed by atoms with Crippen LogP contribution in [0, 0.1) is 0 Å². The number of pyridine rings is 1. The van der Waals surface area contributed by atoms with Crippen molar-refractivity contribution in [2.75, 3.05) is 32.8 Å². The Morgan fingerprint density at radius 3 is 2.96 bits per heavy atom. The lowest BCUT2D eigenvalue weighted by molar-refractivity contribution is -0.117. The Balaban J connectivity index is 1.51. The van der Waals surface area contributed by atoms with Gasteiger partial charge in [0.2, 0.25) is 5.91 Å². The van der Waals surface area contributed by atoms with Gasteiger partial charge in [-0.05, 0) is 37.1 Å². The van der Waals surface area contributed by atoms with Crippen molar-refractivity contribution in [2.45, 2.75) is 19.4 Å². The molecule has 0 saturated carbocycles. The molecule has 1 fully saturated rings. The highest BCUT2D eigenvalue weighted by Gasteiger charge is 2.12. The van der Waals surface area contributed by atoms with Crippen molar-refractivity contribution in [1.29, 1.82) is 0 Å². The zero-order valence-corrected chi connectivity index (χ0v) is 14.6. The molecule has 0 spiro atoms. The van der Waals surface area contributed by atoms with E-state index in [1.807, 2.05) is 43.3 Å². The highest BCUT2D eigenvalue weighted by atomic mass is 16.5. The third-order valence-corrected chi connectivity index (χ3v) is 4.47. The van der Waals surface area contributed by atoms with E-state index in [-0.39, 0.29) is 11.9 Å². The summed E-state index contributed by atoms with van der Waals surface area (Å²) in [7, 11) is 0.